The Labute approximate surface area is 161 Å². The number of rotatable bonds is 4. The van der Waals surface area contributed by atoms with Crippen molar-refractivity contribution in [1.29, 1.82) is 0 Å². The third kappa shape index (κ3) is 3.16. The van der Waals surface area contributed by atoms with Crippen molar-refractivity contribution in [3.63, 3.8) is 0 Å². The molecule has 4 rings (SSSR count). The van der Waals surface area contributed by atoms with Crippen LogP contribution in [-0.2, 0) is 0 Å². The Morgan fingerprint density at radius 1 is 0.704 bits per heavy atom. The topological polar surface area (TPSA) is 29.5 Å². The summed E-state index contributed by atoms with van der Waals surface area (Å²) in [7, 11) is -0.576. The Bertz CT molecular complexity index is 1060. The maximum absolute atomic E-state index is 9.29. The summed E-state index contributed by atoms with van der Waals surface area (Å²) < 4.78 is 5.52. The van der Waals surface area contributed by atoms with E-state index in [0.29, 0.717) is 5.75 Å². The highest BCUT2D eigenvalue weighted by Gasteiger charge is 2.18. The predicted octanol–water partition coefficient (Wildman–Crippen LogP) is 5.11. The Morgan fingerprint density at radius 2 is 1.19 bits per heavy atom. The monoisotopic (exact) mass is 369 g/mol. The highest BCUT2D eigenvalue weighted by molar-refractivity contribution is 6.88. The van der Waals surface area contributed by atoms with Gasteiger partial charge in [-0.15, -0.1) is 0 Å². The zero-order valence-electron chi connectivity index (χ0n) is 15.9. The van der Waals surface area contributed by atoms with Crippen LogP contribution in [0.15, 0.2) is 72.8 Å². The van der Waals surface area contributed by atoms with E-state index in [1.54, 1.807) is 0 Å². The first-order chi connectivity index (χ1) is 13.0. The molecular formula is C23H22BO2Si. The number of benzene rings is 4. The first kappa shape index (κ1) is 17.8. The van der Waals surface area contributed by atoms with Crippen LogP contribution in [-0.4, -0.2) is 20.8 Å². The molecule has 1 radical (unpaired) electrons. The van der Waals surface area contributed by atoms with Gasteiger partial charge in [-0.25, -0.2) is 0 Å². The first-order valence-corrected chi connectivity index (χ1v) is 12.7. The SMILES string of the molecule is C[Si](C)(C)c1ccc(-c2c3ccccc3c(O[B]O)c3ccccc23)cc1. The molecule has 0 amide bonds. The minimum absolute atomic E-state index is 0.686. The van der Waals surface area contributed by atoms with E-state index in [1.165, 1.54) is 16.3 Å². The summed E-state index contributed by atoms with van der Waals surface area (Å²) >= 11 is 0. The number of hydrogen-bond donors (Lipinski definition) is 1. The quantitative estimate of drug-likeness (QED) is 0.400. The van der Waals surface area contributed by atoms with Crippen LogP contribution < -0.4 is 9.84 Å². The zero-order valence-corrected chi connectivity index (χ0v) is 16.9. The van der Waals surface area contributed by atoms with Crippen LogP contribution in [0, 0.1) is 0 Å². The second kappa shape index (κ2) is 6.87. The average Bonchev–Trinajstić information content (AvgIpc) is 2.67. The van der Waals surface area contributed by atoms with Crippen LogP contribution in [0.5, 0.6) is 5.75 Å². The highest BCUT2D eigenvalue weighted by atomic mass is 28.3. The van der Waals surface area contributed by atoms with E-state index < -0.39 is 8.07 Å². The molecule has 4 aromatic carbocycles. The van der Waals surface area contributed by atoms with Crippen molar-refractivity contribution < 1.29 is 9.68 Å². The third-order valence-corrected chi connectivity index (χ3v) is 7.16. The maximum Gasteiger partial charge on any atom is 0.569 e. The molecule has 0 fully saturated rings. The van der Waals surface area contributed by atoms with Crippen LogP contribution in [0.3, 0.4) is 0 Å². The molecule has 0 heterocycles. The molecule has 0 atom stereocenters. The summed E-state index contributed by atoms with van der Waals surface area (Å²) in [5, 5.41) is 15.0. The molecular weight excluding hydrogens is 347 g/mol. The van der Waals surface area contributed by atoms with E-state index in [-0.39, 0.29) is 0 Å². The van der Waals surface area contributed by atoms with Crippen molar-refractivity contribution in [2.24, 2.45) is 0 Å². The molecule has 4 aromatic rings. The van der Waals surface area contributed by atoms with Gasteiger partial charge in [-0.1, -0.05) is 97.6 Å². The van der Waals surface area contributed by atoms with E-state index in [9.17, 15) is 5.02 Å². The van der Waals surface area contributed by atoms with Crippen LogP contribution in [0.4, 0.5) is 0 Å². The Balaban J connectivity index is 2.06. The highest BCUT2D eigenvalue weighted by Crippen LogP contribution is 2.42. The van der Waals surface area contributed by atoms with Gasteiger partial charge in [0.15, 0.2) is 0 Å². The standard InChI is InChI=1S/C23H22BO2Si/c1-27(2,3)17-14-12-16(13-15-17)22-18-8-4-6-10-20(18)23(26-24-25)21-11-7-5-9-19(21)22/h4-15,25H,1-3H3. The molecule has 0 unspecified atom stereocenters. The van der Waals surface area contributed by atoms with Crippen LogP contribution in [0.2, 0.25) is 19.6 Å². The van der Waals surface area contributed by atoms with Crippen LogP contribution >= 0.6 is 0 Å². The van der Waals surface area contributed by atoms with Crippen molar-refractivity contribution in [3.8, 4) is 16.9 Å². The van der Waals surface area contributed by atoms with Crippen molar-refractivity contribution in [2.45, 2.75) is 19.6 Å². The van der Waals surface area contributed by atoms with Gasteiger partial charge in [0.25, 0.3) is 0 Å². The summed E-state index contributed by atoms with van der Waals surface area (Å²) in [5.41, 5.74) is 2.40. The van der Waals surface area contributed by atoms with Crippen molar-refractivity contribution in [3.05, 3.63) is 72.8 Å². The summed E-state index contributed by atoms with van der Waals surface area (Å²) in [6, 6.07) is 25.4. The first-order valence-electron chi connectivity index (χ1n) is 9.17. The second-order valence-corrected chi connectivity index (χ2v) is 12.9. The number of hydrogen-bond acceptors (Lipinski definition) is 2. The predicted molar refractivity (Wildman–Crippen MR) is 118 cm³/mol. The van der Waals surface area contributed by atoms with Gasteiger partial charge in [0.2, 0.25) is 0 Å². The lowest BCUT2D eigenvalue weighted by Crippen LogP contribution is -2.37. The summed E-state index contributed by atoms with van der Waals surface area (Å²) in [5.74, 6) is 0.686. The van der Waals surface area contributed by atoms with Gasteiger partial charge in [-0.3, -0.25) is 0 Å². The fraction of sp³-hybridized carbons (Fsp3) is 0.130. The molecule has 0 spiro atoms. The Morgan fingerprint density at radius 3 is 1.63 bits per heavy atom. The molecule has 0 saturated heterocycles. The van der Waals surface area contributed by atoms with Crippen molar-refractivity contribution >= 4 is 42.5 Å². The van der Waals surface area contributed by atoms with E-state index in [2.05, 4.69) is 56.0 Å². The molecule has 4 heteroatoms. The van der Waals surface area contributed by atoms with E-state index >= 15 is 0 Å². The smallest absolute Gasteiger partial charge is 0.537 e. The van der Waals surface area contributed by atoms with Gasteiger partial charge < -0.3 is 9.68 Å². The average molecular weight is 369 g/mol. The molecule has 0 aliphatic rings. The molecule has 0 aromatic heterocycles. The van der Waals surface area contributed by atoms with Gasteiger partial charge in [0.1, 0.15) is 5.75 Å². The second-order valence-electron chi connectivity index (χ2n) is 7.85. The maximum atomic E-state index is 9.29. The summed E-state index contributed by atoms with van der Waals surface area (Å²) in [4.78, 5) is 0. The van der Waals surface area contributed by atoms with Crippen molar-refractivity contribution in [1.82, 2.24) is 0 Å². The minimum atomic E-state index is -1.34. The van der Waals surface area contributed by atoms with Gasteiger partial charge in [-0.05, 0) is 21.9 Å². The minimum Gasteiger partial charge on any atom is -0.537 e. The molecule has 27 heavy (non-hydrogen) atoms. The third-order valence-electron chi connectivity index (χ3n) is 5.09. The molecule has 0 bridgehead atoms. The lowest BCUT2D eigenvalue weighted by Gasteiger charge is -2.19. The van der Waals surface area contributed by atoms with Crippen LogP contribution in [0.25, 0.3) is 32.7 Å². The normalized spacial score (nSPS) is 11.7. The Hall–Kier alpha value is -2.56. The van der Waals surface area contributed by atoms with Gasteiger partial charge in [0, 0.05) is 10.8 Å². The molecule has 0 aliphatic carbocycles. The molecule has 133 valence electrons. The molecule has 1 N–H and O–H groups in total. The van der Waals surface area contributed by atoms with Gasteiger partial charge in [-0.2, -0.15) is 0 Å². The number of fused-ring (bicyclic) bond motifs is 2. The summed E-state index contributed by atoms with van der Waals surface area (Å²) in [6.45, 7) is 7.10. The van der Waals surface area contributed by atoms with E-state index in [1.807, 2.05) is 36.4 Å². The zero-order chi connectivity index (χ0) is 19.0. The molecule has 2 nitrogen and oxygen atoms in total. The lowest BCUT2D eigenvalue weighted by atomic mass is 9.91. The van der Waals surface area contributed by atoms with E-state index in [0.717, 1.165) is 29.2 Å². The van der Waals surface area contributed by atoms with E-state index in [4.69, 9.17) is 4.65 Å². The fourth-order valence-electron chi connectivity index (χ4n) is 3.72. The van der Waals surface area contributed by atoms with Crippen LogP contribution in [0.1, 0.15) is 0 Å². The lowest BCUT2D eigenvalue weighted by molar-refractivity contribution is 0.459. The van der Waals surface area contributed by atoms with Gasteiger partial charge in [0.05, 0.1) is 8.07 Å². The Kier molecular flexibility index (Phi) is 4.54. The molecule has 0 saturated carbocycles. The fourth-order valence-corrected chi connectivity index (χ4v) is 4.88. The largest absolute Gasteiger partial charge is 0.569 e. The molecule has 0 aliphatic heterocycles. The van der Waals surface area contributed by atoms with Gasteiger partial charge >= 0.3 is 7.69 Å². The van der Waals surface area contributed by atoms with Crippen molar-refractivity contribution in [2.75, 3.05) is 0 Å². The summed E-state index contributed by atoms with van der Waals surface area (Å²) in [6.07, 6.45) is 0.